The number of ketones is 1. The van der Waals surface area contributed by atoms with Gasteiger partial charge in [-0.3, -0.25) is 14.9 Å². The van der Waals surface area contributed by atoms with Gasteiger partial charge in [-0.1, -0.05) is 17.7 Å². The summed E-state index contributed by atoms with van der Waals surface area (Å²) in [7, 11) is 0. The van der Waals surface area contributed by atoms with Crippen LogP contribution in [0.3, 0.4) is 0 Å². The van der Waals surface area contributed by atoms with Gasteiger partial charge in [-0.2, -0.15) is 0 Å². The molecule has 2 rings (SSSR count). The first kappa shape index (κ1) is 12.0. The highest BCUT2D eigenvalue weighted by Gasteiger charge is 2.28. The summed E-state index contributed by atoms with van der Waals surface area (Å²) in [6, 6.07) is 4.62. The van der Waals surface area contributed by atoms with Gasteiger partial charge >= 0.3 is 0 Å². The van der Waals surface area contributed by atoms with E-state index in [2.05, 4.69) is 0 Å². The van der Waals surface area contributed by atoms with Crippen molar-refractivity contribution in [2.75, 3.05) is 0 Å². The number of halogens is 1. The van der Waals surface area contributed by atoms with E-state index >= 15 is 0 Å². The SMILES string of the molecule is O=C1CCCC1Cc1c(Cl)cccc1[N+](=O)[O-]. The average Bonchev–Trinajstić information content (AvgIpc) is 2.67. The zero-order chi connectivity index (χ0) is 12.4. The molecule has 1 atom stereocenters. The standard InChI is InChI=1S/C12H12ClNO3/c13-10-4-2-5-11(14(16)17)9(10)7-8-3-1-6-12(8)15/h2,4-5,8H,1,3,6-7H2. The summed E-state index contributed by atoms with van der Waals surface area (Å²) in [5.41, 5.74) is 0.497. The summed E-state index contributed by atoms with van der Waals surface area (Å²) in [5.74, 6) is 0.0906. The zero-order valence-electron chi connectivity index (χ0n) is 9.19. The second-order valence-corrected chi connectivity index (χ2v) is 4.66. The van der Waals surface area contributed by atoms with E-state index in [0.29, 0.717) is 23.4 Å². The maximum Gasteiger partial charge on any atom is 0.274 e. The van der Waals surface area contributed by atoms with Crippen molar-refractivity contribution in [3.8, 4) is 0 Å². The van der Waals surface area contributed by atoms with Crippen molar-refractivity contribution in [2.24, 2.45) is 5.92 Å². The fourth-order valence-corrected chi connectivity index (χ4v) is 2.52. The van der Waals surface area contributed by atoms with Crippen molar-refractivity contribution in [3.63, 3.8) is 0 Å². The molecule has 1 unspecified atom stereocenters. The number of rotatable bonds is 3. The van der Waals surface area contributed by atoms with Crippen LogP contribution in [0.25, 0.3) is 0 Å². The third-order valence-corrected chi connectivity index (χ3v) is 3.53. The highest BCUT2D eigenvalue weighted by Crippen LogP contribution is 2.32. The molecule has 0 heterocycles. The number of nitrogens with zero attached hydrogens (tertiary/aromatic N) is 1. The number of nitro benzene ring substituents is 1. The highest BCUT2D eigenvalue weighted by atomic mass is 35.5. The quantitative estimate of drug-likeness (QED) is 0.614. The van der Waals surface area contributed by atoms with Crippen LogP contribution < -0.4 is 0 Å². The Morgan fingerprint density at radius 2 is 2.24 bits per heavy atom. The van der Waals surface area contributed by atoms with Crippen LogP contribution in [0, 0.1) is 16.0 Å². The van der Waals surface area contributed by atoms with Crippen molar-refractivity contribution in [1.29, 1.82) is 0 Å². The molecule has 1 aromatic carbocycles. The fraction of sp³-hybridized carbons (Fsp3) is 0.417. The number of hydrogen-bond donors (Lipinski definition) is 0. The lowest BCUT2D eigenvalue weighted by Gasteiger charge is -2.09. The lowest BCUT2D eigenvalue weighted by atomic mass is 9.96. The molecule has 90 valence electrons. The van der Waals surface area contributed by atoms with Crippen LogP contribution in [0.5, 0.6) is 0 Å². The second kappa shape index (κ2) is 4.84. The number of benzene rings is 1. The van der Waals surface area contributed by atoms with Crippen LogP contribution in [-0.4, -0.2) is 10.7 Å². The summed E-state index contributed by atoms with van der Waals surface area (Å²) in [5, 5.41) is 11.3. The second-order valence-electron chi connectivity index (χ2n) is 4.25. The Kier molecular flexibility index (Phi) is 3.43. The normalized spacial score (nSPS) is 19.6. The Morgan fingerprint density at radius 3 is 2.82 bits per heavy atom. The number of Topliss-reactive ketones (excluding diaryl/α,β-unsaturated/α-hetero) is 1. The van der Waals surface area contributed by atoms with Gasteiger partial charge in [-0.15, -0.1) is 0 Å². The smallest absolute Gasteiger partial charge is 0.274 e. The molecule has 1 aliphatic rings. The van der Waals surface area contributed by atoms with Gasteiger partial charge in [0.2, 0.25) is 0 Å². The Labute approximate surface area is 104 Å². The molecule has 5 heteroatoms. The monoisotopic (exact) mass is 253 g/mol. The van der Waals surface area contributed by atoms with Crippen LogP contribution in [0.1, 0.15) is 24.8 Å². The number of hydrogen-bond acceptors (Lipinski definition) is 3. The van der Waals surface area contributed by atoms with Gasteiger partial charge < -0.3 is 0 Å². The highest BCUT2D eigenvalue weighted by molar-refractivity contribution is 6.31. The lowest BCUT2D eigenvalue weighted by molar-refractivity contribution is -0.385. The minimum absolute atomic E-state index is 0.0113. The number of carbonyl (C=O) groups excluding carboxylic acids is 1. The summed E-state index contributed by atoms with van der Waals surface area (Å²) in [6.45, 7) is 0. The predicted octanol–water partition coefficient (Wildman–Crippen LogP) is 3.16. The van der Waals surface area contributed by atoms with Gasteiger partial charge in [-0.25, -0.2) is 0 Å². The Hall–Kier alpha value is -1.42. The molecule has 0 N–H and O–H groups in total. The van der Waals surface area contributed by atoms with E-state index in [1.54, 1.807) is 12.1 Å². The summed E-state index contributed by atoms with van der Waals surface area (Å²) in [4.78, 5) is 22.0. The summed E-state index contributed by atoms with van der Waals surface area (Å²) < 4.78 is 0. The topological polar surface area (TPSA) is 60.2 Å². The van der Waals surface area contributed by atoms with Crippen molar-refractivity contribution < 1.29 is 9.72 Å². The molecule has 0 aromatic heterocycles. The molecule has 17 heavy (non-hydrogen) atoms. The predicted molar refractivity (Wildman–Crippen MR) is 64.2 cm³/mol. The molecule has 0 spiro atoms. The van der Waals surface area contributed by atoms with Crippen LogP contribution in [0.15, 0.2) is 18.2 Å². The first-order chi connectivity index (χ1) is 8.09. The minimum atomic E-state index is -0.444. The van der Waals surface area contributed by atoms with Crippen LogP contribution >= 0.6 is 11.6 Å². The van der Waals surface area contributed by atoms with E-state index in [0.717, 1.165) is 12.8 Å². The zero-order valence-corrected chi connectivity index (χ0v) is 9.94. The van der Waals surface area contributed by atoms with Crippen molar-refractivity contribution >= 4 is 23.1 Å². The third-order valence-electron chi connectivity index (χ3n) is 3.17. The molecule has 0 aliphatic heterocycles. The molecular formula is C12H12ClNO3. The molecule has 0 radical (unpaired) electrons. The molecular weight excluding hydrogens is 242 g/mol. The van der Waals surface area contributed by atoms with Crippen molar-refractivity contribution in [2.45, 2.75) is 25.7 Å². The lowest BCUT2D eigenvalue weighted by Crippen LogP contribution is -2.11. The average molecular weight is 254 g/mol. The van der Waals surface area contributed by atoms with E-state index in [-0.39, 0.29) is 17.4 Å². The summed E-state index contributed by atoms with van der Waals surface area (Å²) >= 11 is 5.98. The third kappa shape index (κ3) is 2.47. The molecule has 1 fully saturated rings. The molecule has 1 aliphatic carbocycles. The largest absolute Gasteiger partial charge is 0.299 e. The molecule has 0 saturated heterocycles. The van der Waals surface area contributed by atoms with E-state index < -0.39 is 4.92 Å². The first-order valence-electron chi connectivity index (χ1n) is 5.54. The molecule has 1 aromatic rings. The van der Waals surface area contributed by atoms with Crippen LogP contribution in [0.4, 0.5) is 5.69 Å². The van der Waals surface area contributed by atoms with E-state index in [1.165, 1.54) is 6.07 Å². The Bertz CT molecular complexity index is 473. The molecule has 1 saturated carbocycles. The molecule has 4 nitrogen and oxygen atoms in total. The minimum Gasteiger partial charge on any atom is -0.299 e. The van der Waals surface area contributed by atoms with Crippen LogP contribution in [-0.2, 0) is 11.2 Å². The van der Waals surface area contributed by atoms with E-state index in [4.69, 9.17) is 11.6 Å². The van der Waals surface area contributed by atoms with Gasteiger partial charge in [-0.05, 0) is 25.3 Å². The van der Waals surface area contributed by atoms with E-state index in [1.807, 2.05) is 0 Å². The van der Waals surface area contributed by atoms with Gasteiger partial charge in [0, 0.05) is 24.0 Å². The maximum atomic E-state index is 11.6. The Balaban J connectivity index is 2.31. The Morgan fingerprint density at radius 1 is 1.47 bits per heavy atom. The van der Waals surface area contributed by atoms with Crippen molar-refractivity contribution in [1.82, 2.24) is 0 Å². The molecule has 0 amide bonds. The van der Waals surface area contributed by atoms with Crippen molar-refractivity contribution in [3.05, 3.63) is 38.9 Å². The van der Waals surface area contributed by atoms with Gasteiger partial charge in [0.1, 0.15) is 5.78 Å². The van der Waals surface area contributed by atoms with Gasteiger partial charge in [0.15, 0.2) is 0 Å². The van der Waals surface area contributed by atoms with Gasteiger partial charge in [0.05, 0.1) is 9.95 Å². The van der Waals surface area contributed by atoms with Gasteiger partial charge in [0.25, 0.3) is 5.69 Å². The van der Waals surface area contributed by atoms with Crippen LogP contribution in [0.2, 0.25) is 5.02 Å². The first-order valence-corrected chi connectivity index (χ1v) is 5.92. The van der Waals surface area contributed by atoms with E-state index in [9.17, 15) is 14.9 Å². The number of carbonyl (C=O) groups is 1. The fourth-order valence-electron chi connectivity index (χ4n) is 2.27. The molecule has 0 bridgehead atoms. The maximum absolute atomic E-state index is 11.6. The number of nitro groups is 1. The summed E-state index contributed by atoms with van der Waals surface area (Å²) in [6.07, 6.45) is 2.65.